The van der Waals surface area contributed by atoms with Gasteiger partial charge in [0.2, 0.25) is 5.91 Å². The van der Waals surface area contributed by atoms with Crippen molar-refractivity contribution < 1.29 is 14.3 Å². The predicted octanol–water partition coefficient (Wildman–Crippen LogP) is 0.710. The Hall–Kier alpha value is -1.06. The second kappa shape index (κ2) is 4.44. The maximum Gasteiger partial charge on any atom is 0.310 e. The van der Waals surface area contributed by atoms with E-state index < -0.39 is 0 Å². The van der Waals surface area contributed by atoms with Gasteiger partial charge in [0.1, 0.15) is 0 Å². The van der Waals surface area contributed by atoms with Crippen molar-refractivity contribution in [1.82, 2.24) is 5.32 Å². The number of carbonyl (C=O) groups is 2. The normalized spacial score (nSPS) is 27.3. The highest BCUT2D eigenvalue weighted by Gasteiger charge is 2.36. The topological polar surface area (TPSA) is 55.4 Å². The first kappa shape index (κ1) is 11.0. The van der Waals surface area contributed by atoms with Crippen molar-refractivity contribution in [3.05, 3.63) is 0 Å². The number of amides is 1. The van der Waals surface area contributed by atoms with Gasteiger partial charge in [0, 0.05) is 12.5 Å². The van der Waals surface area contributed by atoms with Crippen LogP contribution in [0.3, 0.4) is 0 Å². The van der Waals surface area contributed by atoms with Crippen LogP contribution in [0.5, 0.6) is 0 Å². The van der Waals surface area contributed by atoms with E-state index in [1.54, 1.807) is 0 Å². The van der Waals surface area contributed by atoms with Gasteiger partial charge in [-0.15, -0.1) is 0 Å². The summed E-state index contributed by atoms with van der Waals surface area (Å²) in [5.74, 6) is -0.117. The van der Waals surface area contributed by atoms with Crippen molar-refractivity contribution in [2.75, 3.05) is 7.11 Å². The molecule has 1 amide bonds. The summed E-state index contributed by atoms with van der Waals surface area (Å²) in [6, 6.07) is -0.0799. The van der Waals surface area contributed by atoms with Gasteiger partial charge in [0.05, 0.1) is 13.0 Å². The maximum absolute atomic E-state index is 11.4. The van der Waals surface area contributed by atoms with Crippen molar-refractivity contribution in [2.45, 2.75) is 32.7 Å². The minimum absolute atomic E-state index is 0.0313. The van der Waals surface area contributed by atoms with E-state index in [9.17, 15) is 9.59 Å². The van der Waals surface area contributed by atoms with E-state index in [0.29, 0.717) is 12.8 Å². The van der Waals surface area contributed by atoms with E-state index in [4.69, 9.17) is 4.74 Å². The Morgan fingerprint density at radius 2 is 2.21 bits per heavy atom. The van der Waals surface area contributed by atoms with Gasteiger partial charge < -0.3 is 10.1 Å². The van der Waals surface area contributed by atoms with E-state index in [-0.39, 0.29) is 29.8 Å². The minimum Gasteiger partial charge on any atom is -0.469 e. The van der Waals surface area contributed by atoms with Crippen LogP contribution in [-0.4, -0.2) is 25.0 Å². The fraction of sp³-hybridized carbons (Fsp3) is 0.800. The Bertz CT molecular complexity index is 238. The summed E-state index contributed by atoms with van der Waals surface area (Å²) in [5.41, 5.74) is 0. The van der Waals surface area contributed by atoms with Crippen LogP contribution >= 0.6 is 0 Å². The molecular weight excluding hydrogens is 182 g/mol. The Balaban J connectivity index is 2.72. The second-order valence-electron chi connectivity index (χ2n) is 4.01. The third-order valence-corrected chi connectivity index (χ3v) is 2.67. The summed E-state index contributed by atoms with van der Waals surface area (Å²) in [6.45, 7) is 3.98. The lowest BCUT2D eigenvalue weighted by Gasteiger charge is -2.32. The zero-order chi connectivity index (χ0) is 10.7. The molecule has 0 saturated carbocycles. The van der Waals surface area contributed by atoms with Crippen LogP contribution in [0.4, 0.5) is 0 Å². The lowest BCUT2D eigenvalue weighted by atomic mass is 9.84. The fourth-order valence-electron chi connectivity index (χ4n) is 1.87. The van der Waals surface area contributed by atoms with Crippen molar-refractivity contribution in [3.8, 4) is 0 Å². The van der Waals surface area contributed by atoms with Gasteiger partial charge in [0.25, 0.3) is 0 Å². The Morgan fingerprint density at radius 1 is 1.57 bits per heavy atom. The predicted molar refractivity (Wildman–Crippen MR) is 51.5 cm³/mol. The average Bonchev–Trinajstić information content (AvgIpc) is 2.16. The van der Waals surface area contributed by atoms with Crippen molar-refractivity contribution >= 4 is 11.9 Å². The van der Waals surface area contributed by atoms with E-state index >= 15 is 0 Å². The molecule has 0 bridgehead atoms. The number of carbonyl (C=O) groups excluding carboxylic acids is 2. The van der Waals surface area contributed by atoms with Gasteiger partial charge >= 0.3 is 5.97 Å². The molecule has 0 aliphatic carbocycles. The van der Waals surface area contributed by atoms with E-state index in [1.807, 2.05) is 13.8 Å². The highest BCUT2D eigenvalue weighted by molar-refractivity contribution is 5.81. The summed E-state index contributed by atoms with van der Waals surface area (Å²) in [6.07, 6.45) is 1.02. The lowest BCUT2D eigenvalue weighted by molar-refractivity contribution is -0.149. The smallest absolute Gasteiger partial charge is 0.310 e. The first-order valence-corrected chi connectivity index (χ1v) is 4.93. The van der Waals surface area contributed by atoms with E-state index in [0.717, 1.165) is 0 Å². The van der Waals surface area contributed by atoms with Crippen LogP contribution in [0.15, 0.2) is 0 Å². The van der Waals surface area contributed by atoms with Gasteiger partial charge in [-0.05, 0) is 12.3 Å². The number of nitrogens with one attached hydrogen (secondary N) is 1. The lowest BCUT2D eigenvalue weighted by Crippen LogP contribution is -2.50. The number of hydrogen-bond donors (Lipinski definition) is 1. The summed E-state index contributed by atoms with van der Waals surface area (Å²) < 4.78 is 4.72. The number of esters is 1. The highest BCUT2D eigenvalue weighted by atomic mass is 16.5. The molecule has 1 aliphatic rings. The van der Waals surface area contributed by atoms with Crippen LogP contribution in [0.25, 0.3) is 0 Å². The van der Waals surface area contributed by atoms with Crippen LogP contribution in [-0.2, 0) is 14.3 Å². The Kier molecular flexibility index (Phi) is 3.49. The number of methoxy groups -OCH3 is 1. The van der Waals surface area contributed by atoms with Gasteiger partial charge in [-0.3, -0.25) is 9.59 Å². The van der Waals surface area contributed by atoms with Gasteiger partial charge in [-0.2, -0.15) is 0 Å². The van der Waals surface area contributed by atoms with Gasteiger partial charge in [-0.1, -0.05) is 13.8 Å². The van der Waals surface area contributed by atoms with Gasteiger partial charge in [0.15, 0.2) is 0 Å². The molecule has 1 aliphatic heterocycles. The highest BCUT2D eigenvalue weighted by Crippen LogP contribution is 2.23. The molecule has 0 aromatic carbocycles. The van der Waals surface area contributed by atoms with Crippen LogP contribution in [0, 0.1) is 11.8 Å². The second-order valence-corrected chi connectivity index (χ2v) is 4.01. The third kappa shape index (κ3) is 2.25. The summed E-state index contributed by atoms with van der Waals surface area (Å²) in [4.78, 5) is 22.6. The molecular formula is C10H17NO3. The third-order valence-electron chi connectivity index (χ3n) is 2.67. The number of piperidine rings is 1. The first-order valence-electron chi connectivity index (χ1n) is 4.93. The first-order chi connectivity index (χ1) is 6.56. The van der Waals surface area contributed by atoms with E-state index in [2.05, 4.69) is 5.32 Å². The van der Waals surface area contributed by atoms with Crippen LogP contribution < -0.4 is 5.32 Å². The molecule has 4 heteroatoms. The summed E-state index contributed by atoms with van der Waals surface area (Å²) in [7, 11) is 1.39. The Labute approximate surface area is 84.0 Å². The molecule has 1 rings (SSSR count). The molecule has 1 heterocycles. The van der Waals surface area contributed by atoms with Crippen molar-refractivity contribution in [2.24, 2.45) is 11.8 Å². The molecule has 2 atom stereocenters. The molecule has 0 radical (unpaired) electrons. The van der Waals surface area contributed by atoms with Gasteiger partial charge in [-0.25, -0.2) is 0 Å². The average molecular weight is 199 g/mol. The van der Waals surface area contributed by atoms with Crippen LogP contribution in [0.1, 0.15) is 26.7 Å². The maximum atomic E-state index is 11.4. The molecule has 2 unspecified atom stereocenters. The monoisotopic (exact) mass is 199 g/mol. The fourth-order valence-corrected chi connectivity index (χ4v) is 1.87. The largest absolute Gasteiger partial charge is 0.469 e. The summed E-state index contributed by atoms with van der Waals surface area (Å²) in [5, 5.41) is 2.84. The molecule has 0 spiro atoms. The molecule has 1 saturated heterocycles. The molecule has 80 valence electrons. The number of ether oxygens (including phenoxy) is 1. The minimum atomic E-state index is -0.219. The van der Waals surface area contributed by atoms with Crippen molar-refractivity contribution in [1.29, 1.82) is 0 Å². The molecule has 4 nitrogen and oxygen atoms in total. The number of rotatable bonds is 2. The molecule has 0 aromatic heterocycles. The quantitative estimate of drug-likeness (QED) is 0.666. The zero-order valence-electron chi connectivity index (χ0n) is 8.87. The Morgan fingerprint density at radius 3 is 2.71 bits per heavy atom. The van der Waals surface area contributed by atoms with Crippen LogP contribution in [0.2, 0.25) is 0 Å². The van der Waals surface area contributed by atoms with Crippen molar-refractivity contribution in [3.63, 3.8) is 0 Å². The number of hydrogen-bond acceptors (Lipinski definition) is 3. The SMILES string of the molecule is COC(=O)C1CCC(=O)NC1C(C)C. The molecule has 1 N–H and O–H groups in total. The van der Waals surface area contributed by atoms with E-state index in [1.165, 1.54) is 7.11 Å². The summed E-state index contributed by atoms with van der Waals surface area (Å²) >= 11 is 0. The molecule has 1 fully saturated rings. The molecule has 0 aromatic rings. The zero-order valence-corrected chi connectivity index (χ0v) is 8.87. The molecule has 14 heavy (non-hydrogen) atoms. The standard InChI is InChI=1S/C10H17NO3/c1-6(2)9-7(10(13)14-3)4-5-8(12)11-9/h6-7,9H,4-5H2,1-3H3,(H,11,12).